The number of rotatable bonds is 2. The topological polar surface area (TPSA) is 52.0 Å². The lowest BCUT2D eigenvalue weighted by Gasteiger charge is -2.05. The minimum atomic E-state index is -4.34. The second-order valence-corrected chi connectivity index (χ2v) is 4.84. The van der Waals surface area contributed by atoms with E-state index in [1.54, 1.807) is 0 Å². The molecule has 0 unspecified atom stereocenters. The summed E-state index contributed by atoms with van der Waals surface area (Å²) in [6.45, 7) is 0. The Bertz CT molecular complexity index is 653. The highest BCUT2D eigenvalue weighted by Gasteiger charge is 2.24. The molecule has 0 saturated heterocycles. The highest BCUT2D eigenvalue weighted by atomic mass is 32.2. The molecule has 0 aliphatic rings. The summed E-state index contributed by atoms with van der Waals surface area (Å²) in [6.07, 6.45) is 2.21. The van der Waals surface area contributed by atoms with Crippen molar-refractivity contribution in [2.45, 2.75) is 4.90 Å². The Kier molecular flexibility index (Phi) is 2.66. The fraction of sp³-hybridized carbons (Fsp3) is 0. The molecule has 2 rings (SSSR count). The van der Waals surface area contributed by atoms with Gasteiger partial charge in [0.05, 0.1) is 6.20 Å². The average molecular weight is 262 g/mol. The maximum absolute atomic E-state index is 13.3. The van der Waals surface area contributed by atoms with Crippen LogP contribution in [0.25, 0.3) is 0 Å². The monoisotopic (exact) mass is 262 g/mol. The molecule has 90 valence electrons. The van der Waals surface area contributed by atoms with Crippen LogP contribution >= 0.6 is 0 Å². The Labute approximate surface area is 94.4 Å². The van der Waals surface area contributed by atoms with Crippen LogP contribution in [0.15, 0.2) is 35.5 Å². The Morgan fingerprint density at radius 2 is 1.71 bits per heavy atom. The predicted molar refractivity (Wildman–Crippen MR) is 51.1 cm³/mol. The highest BCUT2D eigenvalue weighted by molar-refractivity contribution is 7.89. The summed E-state index contributed by atoms with van der Waals surface area (Å²) in [5.41, 5.74) is 0. The summed E-state index contributed by atoms with van der Waals surface area (Å²) in [5, 5.41) is 3.40. The van der Waals surface area contributed by atoms with E-state index in [4.69, 9.17) is 0 Å². The summed E-state index contributed by atoms with van der Waals surface area (Å²) in [6, 6.07) is 1.75. The van der Waals surface area contributed by atoms with Crippen LogP contribution in [0.5, 0.6) is 0 Å². The van der Waals surface area contributed by atoms with Gasteiger partial charge in [0.1, 0.15) is 10.7 Å². The van der Waals surface area contributed by atoms with Gasteiger partial charge < -0.3 is 0 Å². The first-order valence-electron chi connectivity index (χ1n) is 4.32. The third-order valence-electron chi connectivity index (χ3n) is 1.98. The number of nitrogens with zero attached hydrogens (tertiary/aromatic N) is 2. The molecule has 0 N–H and O–H groups in total. The highest BCUT2D eigenvalue weighted by Crippen LogP contribution is 2.20. The lowest BCUT2D eigenvalue weighted by Crippen LogP contribution is -2.15. The van der Waals surface area contributed by atoms with Crippen LogP contribution in [-0.2, 0) is 10.0 Å². The van der Waals surface area contributed by atoms with Gasteiger partial charge in [0.15, 0.2) is 11.6 Å². The van der Waals surface area contributed by atoms with E-state index in [2.05, 4.69) is 5.10 Å². The first-order chi connectivity index (χ1) is 7.93. The molecule has 0 spiro atoms. The number of aromatic nitrogens is 2. The zero-order valence-corrected chi connectivity index (χ0v) is 8.96. The van der Waals surface area contributed by atoms with Crippen LogP contribution < -0.4 is 0 Å². The maximum atomic E-state index is 13.3. The van der Waals surface area contributed by atoms with Gasteiger partial charge in [-0.15, -0.1) is 0 Å². The van der Waals surface area contributed by atoms with Gasteiger partial charge >= 0.3 is 0 Å². The second-order valence-electron chi connectivity index (χ2n) is 3.08. The number of hydrogen-bond acceptors (Lipinski definition) is 3. The van der Waals surface area contributed by atoms with Gasteiger partial charge in [0.25, 0.3) is 10.0 Å². The maximum Gasteiger partial charge on any atom is 0.285 e. The van der Waals surface area contributed by atoms with Crippen LogP contribution in [0.1, 0.15) is 0 Å². The third-order valence-corrected chi connectivity index (χ3v) is 3.56. The van der Waals surface area contributed by atoms with Crippen molar-refractivity contribution < 1.29 is 21.6 Å². The molecular formula is C9H5F3N2O2S. The molecule has 0 aliphatic heterocycles. The molecular weight excluding hydrogens is 257 g/mol. The molecule has 0 atom stereocenters. The predicted octanol–water partition coefficient (Wildman–Crippen LogP) is 1.54. The summed E-state index contributed by atoms with van der Waals surface area (Å²) >= 11 is 0. The van der Waals surface area contributed by atoms with Crippen LogP contribution in [0.2, 0.25) is 0 Å². The van der Waals surface area contributed by atoms with Gasteiger partial charge in [-0.05, 0) is 6.07 Å². The molecule has 0 fully saturated rings. The van der Waals surface area contributed by atoms with E-state index in [9.17, 15) is 21.6 Å². The van der Waals surface area contributed by atoms with Crippen molar-refractivity contribution in [3.8, 4) is 0 Å². The molecule has 0 amide bonds. The normalized spacial score (nSPS) is 11.7. The first-order valence-corrected chi connectivity index (χ1v) is 5.76. The molecule has 0 aliphatic carbocycles. The van der Waals surface area contributed by atoms with Gasteiger partial charge in [0.2, 0.25) is 0 Å². The Hall–Kier alpha value is -1.83. The number of hydrogen-bond donors (Lipinski definition) is 0. The van der Waals surface area contributed by atoms with E-state index in [1.165, 1.54) is 6.07 Å². The van der Waals surface area contributed by atoms with Crippen molar-refractivity contribution in [1.29, 1.82) is 0 Å². The Morgan fingerprint density at radius 3 is 2.29 bits per heavy atom. The van der Waals surface area contributed by atoms with E-state index < -0.39 is 32.4 Å². The zero-order chi connectivity index (χ0) is 12.6. The number of benzene rings is 1. The smallest absolute Gasteiger partial charge is 0.205 e. The van der Waals surface area contributed by atoms with Crippen molar-refractivity contribution in [2.75, 3.05) is 0 Å². The van der Waals surface area contributed by atoms with Crippen LogP contribution in [0.4, 0.5) is 13.2 Å². The lowest BCUT2D eigenvalue weighted by atomic mass is 10.3. The summed E-state index contributed by atoms with van der Waals surface area (Å²) in [7, 11) is -4.34. The summed E-state index contributed by atoms with van der Waals surface area (Å²) < 4.78 is 62.8. The van der Waals surface area contributed by atoms with Gasteiger partial charge in [0, 0.05) is 18.3 Å². The standard InChI is InChI=1S/C9H5F3N2O2S/c10-6-4-8(12)9(5-7(6)11)17(15,16)14-3-1-2-13-14/h1-5H. The van der Waals surface area contributed by atoms with Gasteiger partial charge in [-0.1, -0.05) is 0 Å². The molecule has 0 bridgehead atoms. The quantitative estimate of drug-likeness (QED) is 0.771. The van der Waals surface area contributed by atoms with Gasteiger partial charge in [-0.3, -0.25) is 0 Å². The Balaban J connectivity index is 2.67. The first kappa shape index (κ1) is 11.6. The van der Waals surface area contributed by atoms with Crippen LogP contribution in [0.3, 0.4) is 0 Å². The Morgan fingerprint density at radius 1 is 1.06 bits per heavy atom. The van der Waals surface area contributed by atoms with E-state index in [0.717, 1.165) is 12.4 Å². The summed E-state index contributed by atoms with van der Waals surface area (Å²) in [5.74, 6) is -4.28. The molecule has 4 nitrogen and oxygen atoms in total. The molecule has 2 aromatic rings. The molecule has 1 heterocycles. The van der Waals surface area contributed by atoms with Gasteiger partial charge in [-0.25, -0.2) is 13.2 Å². The van der Waals surface area contributed by atoms with Crippen molar-refractivity contribution in [2.24, 2.45) is 0 Å². The van der Waals surface area contributed by atoms with E-state index in [-0.39, 0.29) is 12.1 Å². The largest absolute Gasteiger partial charge is 0.285 e. The minimum absolute atomic E-state index is 0.172. The van der Waals surface area contributed by atoms with Crippen LogP contribution in [0, 0.1) is 17.5 Å². The van der Waals surface area contributed by atoms with E-state index >= 15 is 0 Å². The molecule has 1 aromatic heterocycles. The molecule has 8 heteroatoms. The van der Waals surface area contributed by atoms with Crippen molar-refractivity contribution in [1.82, 2.24) is 9.19 Å². The third kappa shape index (κ3) is 1.91. The molecule has 0 radical (unpaired) electrons. The second kappa shape index (κ2) is 3.88. The SMILES string of the molecule is O=S(=O)(c1cc(F)c(F)cc1F)n1cccn1. The summed E-state index contributed by atoms with van der Waals surface area (Å²) in [4.78, 5) is -0.972. The zero-order valence-electron chi connectivity index (χ0n) is 8.14. The van der Waals surface area contributed by atoms with Crippen LogP contribution in [-0.4, -0.2) is 17.6 Å². The fourth-order valence-electron chi connectivity index (χ4n) is 1.20. The average Bonchev–Trinajstić information content (AvgIpc) is 2.77. The lowest BCUT2D eigenvalue weighted by molar-refractivity contribution is 0.481. The van der Waals surface area contributed by atoms with E-state index in [0.29, 0.717) is 4.09 Å². The van der Waals surface area contributed by atoms with Crippen molar-refractivity contribution in [3.63, 3.8) is 0 Å². The van der Waals surface area contributed by atoms with Crippen molar-refractivity contribution in [3.05, 3.63) is 48.0 Å². The molecule has 17 heavy (non-hydrogen) atoms. The van der Waals surface area contributed by atoms with Crippen molar-refractivity contribution >= 4 is 10.0 Å². The minimum Gasteiger partial charge on any atom is -0.205 e. The fourth-order valence-corrected chi connectivity index (χ4v) is 2.37. The number of halogens is 3. The molecule has 0 saturated carbocycles. The van der Waals surface area contributed by atoms with E-state index in [1.807, 2.05) is 0 Å². The van der Waals surface area contributed by atoms with Gasteiger partial charge in [-0.2, -0.15) is 17.6 Å². The molecule has 1 aromatic carbocycles.